The summed E-state index contributed by atoms with van der Waals surface area (Å²) in [5.74, 6) is 0. The summed E-state index contributed by atoms with van der Waals surface area (Å²) in [4.78, 5) is 19.5. The van der Waals surface area contributed by atoms with Crippen molar-refractivity contribution in [1.29, 1.82) is 0 Å². The van der Waals surface area contributed by atoms with Crippen LogP contribution < -0.4 is 0 Å². The number of aryl methyl sites for hydroxylation is 2. The van der Waals surface area contributed by atoms with Crippen molar-refractivity contribution in [3.63, 3.8) is 0 Å². The number of benzene rings is 2. The number of cyclic esters (lactones) is 1. The van der Waals surface area contributed by atoms with E-state index < -0.39 is 11.2 Å². The van der Waals surface area contributed by atoms with Crippen LogP contribution in [0.25, 0.3) is 11.1 Å². The number of carbonyl (C=O) groups is 1. The average Bonchev–Trinajstić information content (AvgIpc) is 2.78. The standard InChI is InChI=1S/C29H34N2O3/c1-20-17-25(18-21(2)30-20)24-13-11-23(12-14-24)22(3)31-16-15-29(34-27(31)32,19-28(4,5)33)26-9-7-6-8-10-26/h6-14,17-18,22,33H,15-16,19H2,1-5H3/t22-,29?/m0/s1. The van der Waals surface area contributed by atoms with E-state index in [-0.39, 0.29) is 12.1 Å². The fraction of sp³-hybridized carbons (Fsp3) is 0.379. The van der Waals surface area contributed by atoms with Crippen LogP contribution in [0, 0.1) is 13.8 Å². The van der Waals surface area contributed by atoms with Crippen molar-refractivity contribution in [2.75, 3.05) is 6.54 Å². The van der Waals surface area contributed by atoms with Gasteiger partial charge in [0.1, 0.15) is 5.60 Å². The van der Waals surface area contributed by atoms with Crippen LogP contribution in [-0.2, 0) is 10.3 Å². The Hall–Kier alpha value is -3.18. The molecular formula is C29H34N2O3. The van der Waals surface area contributed by atoms with E-state index in [1.165, 1.54) is 0 Å². The van der Waals surface area contributed by atoms with Gasteiger partial charge in [-0.3, -0.25) is 4.98 Å². The van der Waals surface area contributed by atoms with Crippen molar-refractivity contribution in [1.82, 2.24) is 9.88 Å². The Kier molecular flexibility index (Phi) is 6.50. The molecule has 1 fully saturated rings. The van der Waals surface area contributed by atoms with Crippen LogP contribution in [-0.4, -0.2) is 33.2 Å². The first-order valence-electron chi connectivity index (χ1n) is 11.9. The molecule has 178 valence electrons. The monoisotopic (exact) mass is 458 g/mol. The van der Waals surface area contributed by atoms with Crippen LogP contribution in [0.5, 0.6) is 0 Å². The summed E-state index contributed by atoms with van der Waals surface area (Å²) < 4.78 is 6.13. The molecule has 3 aromatic rings. The molecule has 1 unspecified atom stereocenters. The van der Waals surface area contributed by atoms with Gasteiger partial charge in [0.25, 0.3) is 0 Å². The average molecular weight is 459 g/mol. The molecule has 5 nitrogen and oxygen atoms in total. The van der Waals surface area contributed by atoms with E-state index in [0.29, 0.717) is 19.4 Å². The largest absolute Gasteiger partial charge is 0.438 e. The molecule has 2 heterocycles. The predicted octanol–water partition coefficient (Wildman–Crippen LogP) is 6.33. The zero-order valence-corrected chi connectivity index (χ0v) is 20.7. The van der Waals surface area contributed by atoms with E-state index >= 15 is 0 Å². The Labute approximate surface area is 202 Å². The maximum absolute atomic E-state index is 13.3. The van der Waals surface area contributed by atoms with Crippen molar-refractivity contribution >= 4 is 6.09 Å². The van der Waals surface area contributed by atoms with Gasteiger partial charge in [0, 0.05) is 30.8 Å². The van der Waals surface area contributed by atoms with Gasteiger partial charge in [0.05, 0.1) is 11.6 Å². The lowest BCUT2D eigenvalue weighted by molar-refractivity contribution is -0.101. The third-order valence-electron chi connectivity index (χ3n) is 6.57. The van der Waals surface area contributed by atoms with Gasteiger partial charge in [-0.1, -0.05) is 54.6 Å². The SMILES string of the molecule is Cc1cc(-c2ccc([C@H](C)N3CCC(CC(C)(C)O)(c4ccccc4)OC3=O)cc2)cc(C)n1. The highest BCUT2D eigenvalue weighted by Gasteiger charge is 2.46. The highest BCUT2D eigenvalue weighted by molar-refractivity contribution is 5.70. The second-order valence-electron chi connectivity index (χ2n) is 10.1. The lowest BCUT2D eigenvalue weighted by Crippen LogP contribution is -2.51. The van der Waals surface area contributed by atoms with Crippen LogP contribution in [0.2, 0.25) is 0 Å². The van der Waals surface area contributed by atoms with E-state index in [2.05, 4.69) is 41.4 Å². The number of ether oxygens (including phenoxy) is 1. The van der Waals surface area contributed by atoms with Crippen molar-refractivity contribution in [3.05, 3.63) is 89.2 Å². The number of carbonyl (C=O) groups excluding carboxylic acids is 1. The smallest absolute Gasteiger partial charge is 0.411 e. The van der Waals surface area contributed by atoms with Gasteiger partial charge in [-0.2, -0.15) is 0 Å². The topological polar surface area (TPSA) is 62.7 Å². The Balaban J connectivity index is 1.54. The summed E-state index contributed by atoms with van der Waals surface area (Å²) in [5, 5.41) is 10.6. The van der Waals surface area contributed by atoms with Gasteiger partial charge >= 0.3 is 6.09 Å². The number of aliphatic hydroxyl groups is 1. The molecule has 1 N–H and O–H groups in total. The number of amides is 1. The molecule has 0 radical (unpaired) electrons. The molecule has 2 atom stereocenters. The minimum absolute atomic E-state index is 0.127. The molecule has 0 bridgehead atoms. The number of hydrogen-bond donors (Lipinski definition) is 1. The minimum atomic E-state index is -0.969. The van der Waals surface area contributed by atoms with Crippen molar-refractivity contribution < 1.29 is 14.6 Å². The van der Waals surface area contributed by atoms with Gasteiger partial charge in [-0.15, -0.1) is 0 Å². The molecule has 0 aliphatic carbocycles. The van der Waals surface area contributed by atoms with Gasteiger partial charge < -0.3 is 14.7 Å². The van der Waals surface area contributed by atoms with Crippen LogP contribution in [0.4, 0.5) is 4.79 Å². The summed E-state index contributed by atoms with van der Waals surface area (Å²) >= 11 is 0. The summed E-state index contributed by atoms with van der Waals surface area (Å²) in [6.07, 6.45) is 0.610. The molecule has 0 saturated carbocycles. The Morgan fingerprint density at radius 3 is 2.21 bits per heavy atom. The number of rotatable bonds is 6. The maximum Gasteiger partial charge on any atom is 0.411 e. The first kappa shape index (κ1) is 24.0. The molecule has 1 aliphatic rings. The van der Waals surface area contributed by atoms with Gasteiger partial charge in [0.15, 0.2) is 0 Å². The summed E-state index contributed by atoms with van der Waals surface area (Å²) in [6, 6.07) is 22.2. The second kappa shape index (κ2) is 9.22. The van der Waals surface area contributed by atoms with Crippen LogP contribution in [0.3, 0.4) is 0 Å². The number of pyridine rings is 1. The lowest BCUT2D eigenvalue weighted by Gasteiger charge is -2.45. The van der Waals surface area contributed by atoms with Gasteiger partial charge in [-0.25, -0.2) is 4.79 Å². The fourth-order valence-electron chi connectivity index (χ4n) is 5.03. The highest BCUT2D eigenvalue weighted by Crippen LogP contribution is 2.42. The van der Waals surface area contributed by atoms with Crippen LogP contribution in [0.15, 0.2) is 66.7 Å². The lowest BCUT2D eigenvalue weighted by atomic mass is 9.80. The summed E-state index contributed by atoms with van der Waals surface area (Å²) in [7, 11) is 0. The van der Waals surface area contributed by atoms with E-state index in [1.807, 2.05) is 51.1 Å². The molecule has 1 saturated heterocycles. The zero-order chi connectivity index (χ0) is 24.5. The third kappa shape index (κ3) is 5.15. The predicted molar refractivity (Wildman–Crippen MR) is 134 cm³/mol. The van der Waals surface area contributed by atoms with E-state index in [4.69, 9.17) is 4.74 Å². The molecule has 5 heteroatoms. The second-order valence-corrected chi connectivity index (χ2v) is 10.1. The number of hydrogen-bond acceptors (Lipinski definition) is 4. The van der Waals surface area contributed by atoms with Crippen LogP contribution >= 0.6 is 0 Å². The quantitative estimate of drug-likeness (QED) is 0.469. The van der Waals surface area contributed by atoms with Crippen molar-refractivity contribution in [3.8, 4) is 11.1 Å². The van der Waals surface area contributed by atoms with E-state index in [9.17, 15) is 9.90 Å². The first-order valence-corrected chi connectivity index (χ1v) is 11.9. The maximum atomic E-state index is 13.3. The highest BCUT2D eigenvalue weighted by atomic mass is 16.6. The van der Waals surface area contributed by atoms with E-state index in [0.717, 1.165) is 33.6 Å². The molecular weight excluding hydrogens is 424 g/mol. The van der Waals surface area contributed by atoms with Crippen molar-refractivity contribution in [2.24, 2.45) is 0 Å². The van der Waals surface area contributed by atoms with Gasteiger partial charge in [-0.05, 0) is 69.0 Å². The third-order valence-corrected chi connectivity index (χ3v) is 6.57. The number of aromatic nitrogens is 1. The molecule has 1 amide bonds. The molecule has 1 aromatic heterocycles. The Morgan fingerprint density at radius 1 is 1.03 bits per heavy atom. The molecule has 0 spiro atoms. The minimum Gasteiger partial charge on any atom is -0.438 e. The summed E-state index contributed by atoms with van der Waals surface area (Å²) in [6.45, 7) is 10.1. The zero-order valence-electron chi connectivity index (χ0n) is 20.7. The molecule has 2 aromatic carbocycles. The van der Waals surface area contributed by atoms with Gasteiger partial charge in [0.2, 0.25) is 0 Å². The molecule has 4 rings (SSSR count). The first-order chi connectivity index (χ1) is 16.1. The normalized spacial score (nSPS) is 19.6. The molecule has 34 heavy (non-hydrogen) atoms. The Bertz CT molecular complexity index is 1130. The Morgan fingerprint density at radius 2 is 1.65 bits per heavy atom. The summed E-state index contributed by atoms with van der Waals surface area (Å²) in [5.41, 5.74) is 4.42. The van der Waals surface area contributed by atoms with Crippen LogP contribution in [0.1, 0.15) is 62.2 Å². The fourth-order valence-corrected chi connectivity index (χ4v) is 5.03. The molecule has 1 aliphatic heterocycles. The van der Waals surface area contributed by atoms with Crippen molar-refractivity contribution in [2.45, 2.75) is 64.7 Å². The number of nitrogens with zero attached hydrogens (tertiary/aromatic N) is 2. The van der Waals surface area contributed by atoms with E-state index in [1.54, 1.807) is 18.7 Å².